The van der Waals surface area contributed by atoms with E-state index >= 15 is 0 Å². The summed E-state index contributed by atoms with van der Waals surface area (Å²) in [5, 5.41) is 0. The van der Waals surface area contributed by atoms with Crippen molar-refractivity contribution in [1.82, 2.24) is 0 Å². The number of esters is 1. The van der Waals surface area contributed by atoms with Crippen molar-refractivity contribution in [2.45, 2.75) is 70.6 Å². The Labute approximate surface area is 128 Å². The van der Waals surface area contributed by atoms with Crippen LogP contribution in [0, 0.1) is 0 Å². The largest absolute Gasteiger partial charge is 0.469 e. The molecule has 21 heavy (non-hydrogen) atoms. The monoisotopic (exact) mass is 288 g/mol. The van der Waals surface area contributed by atoms with Gasteiger partial charge in [0.15, 0.2) is 0 Å². The van der Waals surface area contributed by atoms with Gasteiger partial charge in [-0.05, 0) is 53.2 Å². The lowest BCUT2D eigenvalue weighted by Crippen LogP contribution is -2.35. The predicted molar refractivity (Wildman–Crippen MR) is 86.7 cm³/mol. The fourth-order valence-corrected chi connectivity index (χ4v) is 3.58. The van der Waals surface area contributed by atoms with E-state index in [1.807, 2.05) is 0 Å². The van der Waals surface area contributed by atoms with Gasteiger partial charge in [-0.2, -0.15) is 0 Å². The first kappa shape index (κ1) is 16.1. The molecular formula is C19H28O2. The van der Waals surface area contributed by atoms with Crippen molar-refractivity contribution < 1.29 is 9.53 Å². The van der Waals surface area contributed by atoms with Crippen LogP contribution in [0.3, 0.4) is 0 Å². The van der Waals surface area contributed by atoms with Gasteiger partial charge in [-0.3, -0.25) is 4.79 Å². The van der Waals surface area contributed by atoms with Gasteiger partial charge in [-0.15, -0.1) is 0 Å². The van der Waals surface area contributed by atoms with Crippen LogP contribution >= 0.6 is 0 Å². The second-order valence-electron chi connectivity index (χ2n) is 7.54. The van der Waals surface area contributed by atoms with Gasteiger partial charge in [0.2, 0.25) is 0 Å². The van der Waals surface area contributed by atoms with Crippen LogP contribution in [-0.2, 0) is 26.8 Å². The number of carbonyl (C=O) groups excluding carboxylic acids is 1. The number of rotatable bonds is 4. The van der Waals surface area contributed by atoms with Crippen LogP contribution < -0.4 is 0 Å². The quantitative estimate of drug-likeness (QED) is 0.761. The van der Waals surface area contributed by atoms with Crippen LogP contribution in [0.1, 0.15) is 70.1 Å². The number of benzene rings is 1. The standard InChI is InChI=1S/C19H28O2/c1-18(2)12-13-19(3,4)17-14(8-6-10-15(17)18)9-7-11-16(20)21-5/h6,8,10H,7,9,11-13H2,1-5H3. The van der Waals surface area contributed by atoms with Gasteiger partial charge in [-0.25, -0.2) is 0 Å². The fraction of sp³-hybridized carbons (Fsp3) is 0.632. The summed E-state index contributed by atoms with van der Waals surface area (Å²) in [6.07, 6.45) is 4.78. The molecule has 1 aliphatic carbocycles. The van der Waals surface area contributed by atoms with E-state index in [9.17, 15) is 4.79 Å². The summed E-state index contributed by atoms with van der Waals surface area (Å²) in [5.74, 6) is -0.112. The Bertz CT molecular complexity index is 526. The Kier molecular flexibility index (Phi) is 4.46. The van der Waals surface area contributed by atoms with Crippen LogP contribution in [0.5, 0.6) is 0 Å². The maximum Gasteiger partial charge on any atom is 0.305 e. The molecule has 0 N–H and O–H groups in total. The Morgan fingerprint density at radius 1 is 1.14 bits per heavy atom. The summed E-state index contributed by atoms with van der Waals surface area (Å²) < 4.78 is 4.74. The van der Waals surface area contributed by atoms with Crippen molar-refractivity contribution in [3.8, 4) is 0 Å². The Balaban J connectivity index is 2.30. The molecule has 2 nitrogen and oxygen atoms in total. The van der Waals surface area contributed by atoms with E-state index < -0.39 is 0 Å². The lowest BCUT2D eigenvalue weighted by Gasteiger charge is -2.43. The van der Waals surface area contributed by atoms with Crippen molar-refractivity contribution in [2.24, 2.45) is 0 Å². The summed E-state index contributed by atoms with van der Waals surface area (Å²) >= 11 is 0. The highest BCUT2D eigenvalue weighted by atomic mass is 16.5. The van der Waals surface area contributed by atoms with Gasteiger partial charge in [-0.1, -0.05) is 45.9 Å². The molecule has 1 aromatic rings. The van der Waals surface area contributed by atoms with Gasteiger partial charge in [0.25, 0.3) is 0 Å². The van der Waals surface area contributed by atoms with E-state index in [2.05, 4.69) is 45.9 Å². The average molecular weight is 288 g/mol. The zero-order chi connectivity index (χ0) is 15.7. The number of methoxy groups -OCH3 is 1. The van der Waals surface area contributed by atoms with E-state index in [0.29, 0.717) is 6.42 Å². The lowest BCUT2D eigenvalue weighted by molar-refractivity contribution is -0.140. The molecule has 0 radical (unpaired) electrons. The SMILES string of the molecule is COC(=O)CCCc1cccc2c1C(C)(C)CCC2(C)C. The van der Waals surface area contributed by atoms with Crippen molar-refractivity contribution >= 4 is 5.97 Å². The molecular weight excluding hydrogens is 260 g/mol. The maximum atomic E-state index is 11.3. The predicted octanol–water partition coefficient (Wildman–Crippen LogP) is 4.53. The number of hydrogen-bond acceptors (Lipinski definition) is 2. The van der Waals surface area contributed by atoms with Crippen molar-refractivity contribution in [3.05, 3.63) is 34.9 Å². The smallest absolute Gasteiger partial charge is 0.305 e. The molecule has 0 aliphatic heterocycles. The first-order valence-electron chi connectivity index (χ1n) is 7.97. The van der Waals surface area contributed by atoms with Gasteiger partial charge in [0.05, 0.1) is 7.11 Å². The highest BCUT2D eigenvalue weighted by Gasteiger charge is 2.38. The second kappa shape index (κ2) is 5.82. The van der Waals surface area contributed by atoms with Crippen molar-refractivity contribution in [3.63, 3.8) is 0 Å². The molecule has 0 bridgehead atoms. The highest BCUT2D eigenvalue weighted by molar-refractivity contribution is 5.69. The number of aryl methyl sites for hydroxylation is 1. The third-order valence-corrected chi connectivity index (χ3v) is 4.99. The Morgan fingerprint density at radius 2 is 1.81 bits per heavy atom. The zero-order valence-corrected chi connectivity index (χ0v) is 14.1. The fourth-order valence-electron chi connectivity index (χ4n) is 3.58. The van der Waals surface area contributed by atoms with Crippen LogP contribution in [0.4, 0.5) is 0 Å². The lowest BCUT2D eigenvalue weighted by atomic mass is 9.62. The second-order valence-corrected chi connectivity index (χ2v) is 7.54. The van der Waals surface area contributed by atoms with Crippen molar-refractivity contribution in [1.29, 1.82) is 0 Å². The summed E-state index contributed by atoms with van der Waals surface area (Å²) in [4.78, 5) is 11.3. The van der Waals surface area contributed by atoms with Gasteiger partial charge in [0.1, 0.15) is 0 Å². The van der Waals surface area contributed by atoms with Crippen LogP contribution in [0.25, 0.3) is 0 Å². The van der Waals surface area contributed by atoms with Gasteiger partial charge >= 0.3 is 5.97 Å². The summed E-state index contributed by atoms with van der Waals surface area (Å²) in [7, 11) is 1.46. The molecule has 2 rings (SSSR count). The Hall–Kier alpha value is -1.31. The normalized spacial score (nSPS) is 18.9. The van der Waals surface area contributed by atoms with Crippen molar-refractivity contribution in [2.75, 3.05) is 7.11 Å². The molecule has 0 amide bonds. The number of carbonyl (C=O) groups is 1. The molecule has 0 spiro atoms. The molecule has 1 aliphatic rings. The topological polar surface area (TPSA) is 26.3 Å². The molecule has 0 atom stereocenters. The van der Waals surface area contributed by atoms with Crippen LogP contribution in [0.2, 0.25) is 0 Å². The summed E-state index contributed by atoms with van der Waals surface area (Å²) in [5.41, 5.74) is 4.91. The highest BCUT2D eigenvalue weighted by Crippen LogP contribution is 2.47. The molecule has 0 saturated carbocycles. The number of ether oxygens (including phenoxy) is 1. The first-order valence-corrected chi connectivity index (χ1v) is 7.97. The summed E-state index contributed by atoms with van der Waals surface area (Å²) in [6.45, 7) is 9.40. The Morgan fingerprint density at radius 3 is 2.48 bits per heavy atom. The average Bonchev–Trinajstić information content (AvgIpc) is 2.43. The number of hydrogen-bond donors (Lipinski definition) is 0. The zero-order valence-electron chi connectivity index (χ0n) is 14.1. The third-order valence-electron chi connectivity index (χ3n) is 4.99. The van der Waals surface area contributed by atoms with E-state index in [1.165, 1.54) is 36.6 Å². The van der Waals surface area contributed by atoms with Gasteiger partial charge in [0, 0.05) is 6.42 Å². The molecule has 116 valence electrons. The third kappa shape index (κ3) is 3.30. The van der Waals surface area contributed by atoms with Crippen LogP contribution in [0.15, 0.2) is 18.2 Å². The number of fused-ring (bicyclic) bond motifs is 1. The summed E-state index contributed by atoms with van der Waals surface area (Å²) in [6, 6.07) is 6.70. The first-order chi connectivity index (χ1) is 9.78. The molecule has 1 aromatic carbocycles. The van der Waals surface area contributed by atoms with Crippen LogP contribution in [-0.4, -0.2) is 13.1 Å². The van der Waals surface area contributed by atoms with E-state index in [0.717, 1.165) is 12.8 Å². The maximum absolute atomic E-state index is 11.3. The molecule has 0 unspecified atom stereocenters. The molecule has 0 aromatic heterocycles. The van der Waals surface area contributed by atoms with Gasteiger partial charge < -0.3 is 4.74 Å². The molecule has 2 heteroatoms. The molecule has 0 saturated heterocycles. The van der Waals surface area contributed by atoms with E-state index in [-0.39, 0.29) is 16.8 Å². The minimum Gasteiger partial charge on any atom is -0.469 e. The minimum atomic E-state index is -0.112. The van der Waals surface area contributed by atoms with E-state index in [4.69, 9.17) is 4.74 Å². The minimum absolute atomic E-state index is 0.112. The van der Waals surface area contributed by atoms with E-state index in [1.54, 1.807) is 0 Å². The molecule has 0 heterocycles. The molecule has 0 fully saturated rings.